The third-order valence-corrected chi connectivity index (χ3v) is 5.44. The number of aliphatic carboxylic acids is 2. The van der Waals surface area contributed by atoms with Crippen molar-refractivity contribution in [3.05, 3.63) is 12.2 Å². The molecule has 0 saturated heterocycles. The second-order valence-corrected chi connectivity index (χ2v) is 8.23. The molecule has 0 rings (SSSR count). The van der Waals surface area contributed by atoms with Crippen LogP contribution < -0.4 is 35.0 Å². The predicted octanol–water partition coefficient (Wildman–Crippen LogP) is 0.928. The average Bonchev–Trinajstić information content (AvgIpc) is 2.71. The Labute approximate surface area is 202 Å². The van der Waals surface area contributed by atoms with Gasteiger partial charge in [-0.05, 0) is 51.5 Å². The molecule has 0 aliphatic carbocycles. The topological polar surface area (TPSA) is 115 Å². The molecule has 7 heteroatoms. The minimum Gasteiger partial charge on any atom is -0.548 e. The van der Waals surface area contributed by atoms with Crippen LogP contribution in [0.2, 0.25) is 0 Å². The zero-order valence-electron chi connectivity index (χ0n) is 20.1. The van der Waals surface area contributed by atoms with Crippen molar-refractivity contribution in [3.8, 4) is 0 Å². The Balaban J connectivity index is 0. The van der Waals surface area contributed by atoms with Gasteiger partial charge in [-0.2, -0.15) is 0 Å². The summed E-state index contributed by atoms with van der Waals surface area (Å²) in [5.41, 5.74) is 5.43. The van der Waals surface area contributed by atoms with Gasteiger partial charge in [-0.3, -0.25) is 10.1 Å². The fraction of sp³-hybridized carbons (Fsp3) is 0.833. The minimum absolute atomic E-state index is 0. The largest absolute Gasteiger partial charge is 1.00 e. The maximum atomic E-state index is 11.4. The first kappa shape index (κ1) is 32.4. The van der Waals surface area contributed by atoms with Crippen molar-refractivity contribution < 1.29 is 38.7 Å². The fourth-order valence-electron chi connectivity index (χ4n) is 3.53. The van der Waals surface area contributed by atoms with Crippen LogP contribution in [-0.4, -0.2) is 35.7 Å². The summed E-state index contributed by atoms with van der Waals surface area (Å²) in [6.45, 7) is 2.74. The van der Waals surface area contributed by atoms with Gasteiger partial charge >= 0.3 is 24.8 Å². The molecule has 0 bridgehead atoms. The molecule has 0 aliphatic rings. The first-order chi connectivity index (χ1) is 14.5. The number of carbonyl (C=O) groups is 2. The summed E-state index contributed by atoms with van der Waals surface area (Å²) in [4.78, 5) is 22.7. The quantitative estimate of drug-likeness (QED) is 0.133. The van der Waals surface area contributed by atoms with Crippen molar-refractivity contribution in [2.75, 3.05) is 6.54 Å². The van der Waals surface area contributed by atoms with Gasteiger partial charge in [0, 0.05) is 6.04 Å². The van der Waals surface area contributed by atoms with Gasteiger partial charge in [-0.25, -0.2) is 0 Å². The van der Waals surface area contributed by atoms with Gasteiger partial charge in [-0.15, -0.1) is 0 Å². The zero-order chi connectivity index (χ0) is 22.5. The Kier molecular flexibility index (Phi) is 24.9. The predicted molar refractivity (Wildman–Crippen MR) is 121 cm³/mol. The number of hydrogen-bond acceptors (Lipinski definition) is 5. The maximum Gasteiger partial charge on any atom is 1.00 e. The molecule has 0 spiro atoms. The summed E-state index contributed by atoms with van der Waals surface area (Å²) in [5.74, 6) is -2.25. The van der Waals surface area contributed by atoms with E-state index in [1.165, 1.54) is 44.9 Å². The Morgan fingerprint density at radius 3 is 1.84 bits per heavy atom. The Morgan fingerprint density at radius 1 is 0.839 bits per heavy atom. The first-order valence-corrected chi connectivity index (χ1v) is 12.1. The van der Waals surface area contributed by atoms with E-state index in [0.717, 1.165) is 38.5 Å². The van der Waals surface area contributed by atoms with E-state index in [-0.39, 0.29) is 18.9 Å². The molecule has 0 aromatic rings. The number of carboxylic acids is 2. The molecule has 4 N–H and O–H groups in total. The molecule has 0 heterocycles. The maximum absolute atomic E-state index is 11.4. The molecule has 0 radical (unpaired) electrons. The van der Waals surface area contributed by atoms with Gasteiger partial charge in [-0.1, -0.05) is 76.9 Å². The van der Waals surface area contributed by atoms with Gasteiger partial charge in [0.1, 0.15) is 6.04 Å². The first-order valence-electron chi connectivity index (χ1n) is 12.1. The molecule has 0 aliphatic heterocycles. The number of allylic oxidation sites excluding steroid dienone is 2. The Bertz CT molecular complexity index is 461. The van der Waals surface area contributed by atoms with E-state index in [1.807, 2.05) is 0 Å². The molecule has 0 aromatic carbocycles. The van der Waals surface area contributed by atoms with E-state index in [2.05, 4.69) is 24.4 Å². The van der Waals surface area contributed by atoms with Gasteiger partial charge in [0.25, 0.3) is 0 Å². The van der Waals surface area contributed by atoms with Crippen LogP contribution >= 0.6 is 0 Å². The van der Waals surface area contributed by atoms with Crippen LogP contribution in [-0.2, 0) is 9.59 Å². The van der Waals surface area contributed by atoms with E-state index in [1.54, 1.807) is 0 Å². The van der Waals surface area contributed by atoms with Crippen LogP contribution in [0.15, 0.2) is 12.2 Å². The molecule has 0 fully saturated rings. The number of carbonyl (C=O) groups excluding carboxylic acids is 1. The van der Waals surface area contributed by atoms with Crippen LogP contribution in [0.1, 0.15) is 110 Å². The molecule has 0 aromatic heterocycles. The SMILES string of the molecule is CCCCCCCC/C=C/CCCCCCC(N[C@@H](CCCCN)C(=O)O)C(=O)[O-].[Li+]. The summed E-state index contributed by atoms with van der Waals surface area (Å²) in [7, 11) is 0. The third-order valence-electron chi connectivity index (χ3n) is 5.44. The van der Waals surface area contributed by atoms with Crippen molar-refractivity contribution in [3.63, 3.8) is 0 Å². The summed E-state index contributed by atoms with van der Waals surface area (Å²) in [6, 6.07) is -1.78. The molecule has 2 atom stereocenters. The van der Waals surface area contributed by atoms with Crippen molar-refractivity contribution in [2.45, 2.75) is 122 Å². The van der Waals surface area contributed by atoms with Gasteiger partial charge in [0.15, 0.2) is 0 Å². The molecule has 0 amide bonds. The monoisotopic (exact) mass is 432 g/mol. The molecule has 1 unspecified atom stereocenters. The van der Waals surface area contributed by atoms with Crippen molar-refractivity contribution in [1.82, 2.24) is 5.32 Å². The van der Waals surface area contributed by atoms with E-state index >= 15 is 0 Å². The van der Waals surface area contributed by atoms with Gasteiger partial charge in [0.2, 0.25) is 0 Å². The second-order valence-electron chi connectivity index (χ2n) is 8.23. The third kappa shape index (κ3) is 20.8. The van der Waals surface area contributed by atoms with E-state index in [0.29, 0.717) is 25.8 Å². The summed E-state index contributed by atoms with van der Waals surface area (Å²) < 4.78 is 0. The van der Waals surface area contributed by atoms with E-state index < -0.39 is 24.0 Å². The summed E-state index contributed by atoms with van der Waals surface area (Å²) >= 11 is 0. The summed E-state index contributed by atoms with van der Waals surface area (Å²) in [6.07, 6.45) is 20.8. The second kappa shape index (κ2) is 23.9. The number of rotatable bonds is 22. The van der Waals surface area contributed by atoms with Crippen LogP contribution in [0.3, 0.4) is 0 Å². The Hall–Kier alpha value is -0.803. The van der Waals surface area contributed by atoms with Crippen LogP contribution in [0.25, 0.3) is 0 Å². The number of hydrogen-bond donors (Lipinski definition) is 3. The average molecular weight is 433 g/mol. The number of nitrogens with one attached hydrogen (secondary N) is 1. The zero-order valence-corrected chi connectivity index (χ0v) is 20.1. The molecular weight excluding hydrogens is 387 g/mol. The Morgan fingerprint density at radius 2 is 1.32 bits per heavy atom. The molecular formula is C24H45LiN2O4. The van der Waals surface area contributed by atoms with Crippen LogP contribution in [0.5, 0.6) is 0 Å². The van der Waals surface area contributed by atoms with Crippen LogP contribution in [0.4, 0.5) is 0 Å². The van der Waals surface area contributed by atoms with E-state index in [4.69, 9.17) is 5.73 Å². The number of nitrogens with two attached hydrogens (primary N) is 1. The minimum atomic E-state index is -1.22. The van der Waals surface area contributed by atoms with Crippen LogP contribution in [0, 0.1) is 0 Å². The smallest absolute Gasteiger partial charge is 0.548 e. The summed E-state index contributed by atoms with van der Waals surface area (Å²) in [5, 5.41) is 23.4. The molecule has 6 nitrogen and oxygen atoms in total. The van der Waals surface area contributed by atoms with Crippen molar-refractivity contribution in [1.29, 1.82) is 0 Å². The fourth-order valence-corrected chi connectivity index (χ4v) is 3.53. The van der Waals surface area contributed by atoms with Crippen molar-refractivity contribution in [2.24, 2.45) is 5.73 Å². The normalized spacial score (nSPS) is 13.1. The standard InChI is InChI=1S/C24H46N2O4.Li/c1-2-3-4-5-6-7-8-9-10-11-12-13-14-15-18-21(23(27)28)26-22(24(29)30)19-16-17-20-25;/h9-10,21-22,26H,2-8,11-20,25H2,1H3,(H,27,28)(H,29,30);/q;+1/p-1/b10-9+;/t21?,22-;/m0./s1. The van der Waals surface area contributed by atoms with Gasteiger partial charge in [0.05, 0.1) is 5.97 Å². The molecule has 0 saturated carbocycles. The molecule has 31 heavy (non-hydrogen) atoms. The number of carboxylic acid groups (broad SMARTS) is 2. The van der Waals surface area contributed by atoms with E-state index in [9.17, 15) is 19.8 Å². The molecule has 176 valence electrons. The van der Waals surface area contributed by atoms with Gasteiger partial charge < -0.3 is 20.7 Å². The van der Waals surface area contributed by atoms with Crippen molar-refractivity contribution >= 4 is 11.9 Å². The number of unbranched alkanes of at least 4 members (excludes halogenated alkanes) is 11.